The lowest BCUT2D eigenvalue weighted by Crippen LogP contribution is -2.26. The van der Waals surface area contributed by atoms with Crippen molar-refractivity contribution in [1.82, 2.24) is 10.2 Å². The van der Waals surface area contributed by atoms with E-state index in [9.17, 15) is 0 Å². The molecule has 0 atom stereocenters. The van der Waals surface area contributed by atoms with Gasteiger partial charge in [-0.25, -0.2) is 0 Å². The van der Waals surface area contributed by atoms with Gasteiger partial charge in [-0.05, 0) is 75.1 Å². The van der Waals surface area contributed by atoms with E-state index in [0.717, 1.165) is 22.5 Å². The standard InChI is InChI=1S/C22H24ClN3O/c1-14(2)27-22-11-8-16(12-19(22)23)21-13-20(25-26-21)15-6-9-18(10-7-15)24-17-4-3-5-17/h6-14,17,24H,3-5H2,1-2H3,(H,25,26). The van der Waals surface area contributed by atoms with Gasteiger partial charge in [0.05, 0.1) is 22.5 Å². The summed E-state index contributed by atoms with van der Waals surface area (Å²) in [6.45, 7) is 3.97. The van der Waals surface area contributed by atoms with Crippen LogP contribution in [0.3, 0.4) is 0 Å². The summed E-state index contributed by atoms with van der Waals surface area (Å²) in [5.74, 6) is 0.695. The van der Waals surface area contributed by atoms with Crippen molar-refractivity contribution in [2.75, 3.05) is 5.32 Å². The number of halogens is 1. The lowest BCUT2D eigenvalue weighted by molar-refractivity contribution is 0.242. The molecular formula is C22H24ClN3O. The van der Waals surface area contributed by atoms with Crippen LogP contribution >= 0.6 is 11.6 Å². The first-order valence-corrected chi connectivity index (χ1v) is 9.85. The predicted molar refractivity (Wildman–Crippen MR) is 111 cm³/mol. The van der Waals surface area contributed by atoms with E-state index in [0.29, 0.717) is 16.8 Å². The number of benzene rings is 2. The van der Waals surface area contributed by atoms with Crippen molar-refractivity contribution in [3.05, 3.63) is 53.6 Å². The van der Waals surface area contributed by atoms with Crippen LogP contribution in [0.5, 0.6) is 5.75 Å². The van der Waals surface area contributed by atoms with Gasteiger partial charge in [0.25, 0.3) is 0 Å². The molecule has 27 heavy (non-hydrogen) atoms. The molecule has 1 saturated carbocycles. The van der Waals surface area contributed by atoms with Crippen LogP contribution in [0.4, 0.5) is 5.69 Å². The minimum Gasteiger partial charge on any atom is -0.489 e. The van der Waals surface area contributed by atoms with Gasteiger partial charge in [-0.1, -0.05) is 23.7 Å². The predicted octanol–water partition coefficient (Wildman–Crippen LogP) is 6.15. The highest BCUT2D eigenvalue weighted by molar-refractivity contribution is 6.32. The molecular weight excluding hydrogens is 358 g/mol. The molecule has 0 unspecified atom stereocenters. The summed E-state index contributed by atoms with van der Waals surface area (Å²) in [5.41, 5.74) is 5.09. The first-order valence-electron chi connectivity index (χ1n) is 9.47. The van der Waals surface area contributed by atoms with Crippen molar-refractivity contribution < 1.29 is 4.74 Å². The molecule has 1 fully saturated rings. The van der Waals surface area contributed by atoms with E-state index in [4.69, 9.17) is 16.3 Å². The Morgan fingerprint density at radius 2 is 1.81 bits per heavy atom. The van der Waals surface area contributed by atoms with Crippen molar-refractivity contribution in [1.29, 1.82) is 0 Å². The van der Waals surface area contributed by atoms with Gasteiger partial charge in [0.1, 0.15) is 5.75 Å². The largest absolute Gasteiger partial charge is 0.489 e. The van der Waals surface area contributed by atoms with E-state index < -0.39 is 0 Å². The summed E-state index contributed by atoms with van der Waals surface area (Å²) < 4.78 is 5.70. The molecule has 0 amide bonds. The van der Waals surface area contributed by atoms with Gasteiger partial charge < -0.3 is 10.1 Å². The van der Waals surface area contributed by atoms with Crippen LogP contribution in [0.1, 0.15) is 33.1 Å². The lowest BCUT2D eigenvalue weighted by atomic mass is 9.93. The second-order valence-corrected chi connectivity index (χ2v) is 7.74. The van der Waals surface area contributed by atoms with Crippen LogP contribution in [-0.2, 0) is 0 Å². The quantitative estimate of drug-likeness (QED) is 0.538. The first-order chi connectivity index (χ1) is 13.1. The minimum atomic E-state index is 0.0899. The monoisotopic (exact) mass is 381 g/mol. The Labute approximate surface area is 164 Å². The zero-order valence-electron chi connectivity index (χ0n) is 15.6. The molecule has 0 spiro atoms. The van der Waals surface area contributed by atoms with Crippen molar-refractivity contribution in [2.45, 2.75) is 45.3 Å². The van der Waals surface area contributed by atoms with Crippen LogP contribution in [0.2, 0.25) is 5.02 Å². The van der Waals surface area contributed by atoms with E-state index >= 15 is 0 Å². The Balaban J connectivity index is 1.50. The van der Waals surface area contributed by atoms with Crippen molar-refractivity contribution >= 4 is 17.3 Å². The molecule has 0 bridgehead atoms. The number of nitrogens with zero attached hydrogens (tertiary/aromatic N) is 1. The third-order valence-electron chi connectivity index (χ3n) is 4.84. The highest BCUT2D eigenvalue weighted by Crippen LogP contribution is 2.32. The maximum atomic E-state index is 6.35. The van der Waals surface area contributed by atoms with Crippen LogP contribution < -0.4 is 10.1 Å². The fraction of sp³-hybridized carbons (Fsp3) is 0.318. The summed E-state index contributed by atoms with van der Waals surface area (Å²) in [7, 11) is 0. The number of anilines is 1. The Hall–Kier alpha value is -2.46. The highest BCUT2D eigenvalue weighted by Gasteiger charge is 2.16. The maximum Gasteiger partial charge on any atom is 0.138 e. The van der Waals surface area contributed by atoms with E-state index in [1.165, 1.54) is 24.9 Å². The second kappa shape index (κ2) is 7.65. The Kier molecular flexibility index (Phi) is 5.08. The Bertz CT molecular complexity index is 914. The Morgan fingerprint density at radius 1 is 1.07 bits per heavy atom. The summed E-state index contributed by atoms with van der Waals surface area (Å²) >= 11 is 6.35. The van der Waals surface area contributed by atoms with Crippen molar-refractivity contribution in [3.63, 3.8) is 0 Å². The average molecular weight is 382 g/mol. The normalized spacial score (nSPS) is 14.2. The van der Waals surface area contributed by atoms with Crippen molar-refractivity contribution in [3.8, 4) is 28.3 Å². The smallest absolute Gasteiger partial charge is 0.138 e. The van der Waals surface area contributed by atoms with Crippen LogP contribution in [-0.4, -0.2) is 22.3 Å². The molecule has 0 radical (unpaired) electrons. The van der Waals surface area contributed by atoms with E-state index in [2.05, 4.69) is 39.8 Å². The number of ether oxygens (including phenoxy) is 1. The van der Waals surface area contributed by atoms with Gasteiger partial charge in [-0.2, -0.15) is 5.10 Å². The van der Waals surface area contributed by atoms with Gasteiger partial charge >= 0.3 is 0 Å². The first kappa shape index (κ1) is 17.9. The van der Waals surface area contributed by atoms with Gasteiger partial charge in [-0.15, -0.1) is 0 Å². The number of rotatable bonds is 6. The van der Waals surface area contributed by atoms with Gasteiger partial charge in [0.2, 0.25) is 0 Å². The number of H-pyrrole nitrogens is 1. The number of hydrogen-bond acceptors (Lipinski definition) is 3. The molecule has 1 aliphatic carbocycles. The molecule has 1 aromatic heterocycles. The SMILES string of the molecule is CC(C)Oc1ccc(-c2cc(-c3ccc(NC4CCC4)cc3)[nH]n2)cc1Cl. The summed E-state index contributed by atoms with van der Waals surface area (Å²) in [6.07, 6.45) is 3.97. The molecule has 140 valence electrons. The summed E-state index contributed by atoms with van der Waals surface area (Å²) in [6, 6.07) is 16.9. The molecule has 0 aliphatic heterocycles. The molecule has 1 heterocycles. The third-order valence-corrected chi connectivity index (χ3v) is 5.14. The molecule has 2 aromatic carbocycles. The van der Waals surface area contributed by atoms with E-state index in [-0.39, 0.29) is 6.10 Å². The van der Waals surface area contributed by atoms with Gasteiger partial charge in [0, 0.05) is 17.3 Å². The molecule has 4 nitrogen and oxygen atoms in total. The van der Waals surface area contributed by atoms with Gasteiger partial charge in [0.15, 0.2) is 0 Å². The van der Waals surface area contributed by atoms with E-state index in [1.807, 2.05) is 38.1 Å². The van der Waals surface area contributed by atoms with Crippen molar-refractivity contribution in [2.24, 2.45) is 0 Å². The third kappa shape index (κ3) is 4.11. The maximum absolute atomic E-state index is 6.35. The Morgan fingerprint density at radius 3 is 2.44 bits per heavy atom. The van der Waals surface area contributed by atoms with Crippen LogP contribution in [0.25, 0.3) is 22.5 Å². The number of aromatic nitrogens is 2. The number of nitrogens with one attached hydrogen (secondary N) is 2. The zero-order chi connectivity index (χ0) is 18.8. The van der Waals surface area contributed by atoms with Crippen LogP contribution in [0, 0.1) is 0 Å². The summed E-state index contributed by atoms with van der Waals surface area (Å²) in [4.78, 5) is 0. The van der Waals surface area contributed by atoms with Crippen LogP contribution in [0.15, 0.2) is 48.5 Å². The fourth-order valence-electron chi connectivity index (χ4n) is 3.16. The molecule has 2 N–H and O–H groups in total. The molecule has 4 rings (SSSR count). The summed E-state index contributed by atoms with van der Waals surface area (Å²) in [5, 5.41) is 11.7. The second-order valence-electron chi connectivity index (χ2n) is 7.33. The highest BCUT2D eigenvalue weighted by atomic mass is 35.5. The van der Waals surface area contributed by atoms with Gasteiger partial charge in [-0.3, -0.25) is 5.10 Å². The molecule has 1 aliphatic rings. The number of hydrogen-bond donors (Lipinski definition) is 2. The average Bonchev–Trinajstić information content (AvgIpc) is 3.10. The minimum absolute atomic E-state index is 0.0899. The number of aromatic amines is 1. The zero-order valence-corrected chi connectivity index (χ0v) is 16.4. The molecule has 3 aromatic rings. The van der Waals surface area contributed by atoms with E-state index in [1.54, 1.807) is 0 Å². The molecule has 5 heteroatoms. The molecule has 0 saturated heterocycles. The lowest BCUT2D eigenvalue weighted by Gasteiger charge is -2.27. The topological polar surface area (TPSA) is 49.9 Å². The fourth-order valence-corrected chi connectivity index (χ4v) is 3.39.